The van der Waals surface area contributed by atoms with Gasteiger partial charge in [0.15, 0.2) is 0 Å². The maximum absolute atomic E-state index is 13.2. The van der Waals surface area contributed by atoms with E-state index in [0.29, 0.717) is 30.0 Å². The summed E-state index contributed by atoms with van der Waals surface area (Å²) in [4.78, 5) is 15.0. The van der Waals surface area contributed by atoms with Crippen LogP contribution in [0.3, 0.4) is 0 Å². The van der Waals surface area contributed by atoms with E-state index in [0.717, 1.165) is 12.8 Å². The molecule has 0 aromatic heterocycles. The van der Waals surface area contributed by atoms with E-state index in [2.05, 4.69) is 5.32 Å². The number of hydrogen-bond donors (Lipinski definition) is 3. The van der Waals surface area contributed by atoms with Gasteiger partial charge in [0.25, 0.3) is 0 Å². The molecule has 0 aliphatic carbocycles. The Labute approximate surface area is 165 Å². The maximum Gasteiger partial charge on any atom is 0.242 e. The quantitative estimate of drug-likeness (QED) is 0.684. The lowest BCUT2D eigenvalue weighted by atomic mass is 9.98. The average Bonchev–Trinajstić information content (AvgIpc) is 3.26. The van der Waals surface area contributed by atoms with Crippen molar-refractivity contribution in [1.29, 1.82) is 0 Å². The van der Waals surface area contributed by atoms with Gasteiger partial charge in [-0.3, -0.25) is 10.1 Å². The van der Waals surface area contributed by atoms with Crippen LogP contribution in [0.1, 0.15) is 43.0 Å². The number of carbonyl (C=O) groups is 1. The van der Waals surface area contributed by atoms with E-state index < -0.39 is 12.1 Å². The zero-order chi connectivity index (χ0) is 20.1. The summed E-state index contributed by atoms with van der Waals surface area (Å²) in [5.74, 6) is 0.651. The van der Waals surface area contributed by atoms with Gasteiger partial charge in [-0.25, -0.2) is 0 Å². The number of phenols is 1. The van der Waals surface area contributed by atoms with Gasteiger partial charge in [-0.05, 0) is 43.5 Å². The minimum atomic E-state index is -1.04. The molecule has 0 spiro atoms. The van der Waals surface area contributed by atoms with E-state index in [1.807, 2.05) is 19.1 Å². The topological polar surface area (TPSA) is 82.0 Å². The lowest BCUT2D eigenvalue weighted by molar-refractivity contribution is -0.135. The molecule has 2 aromatic rings. The number of aromatic hydroxyl groups is 1. The SMILES string of the molecule is COc1cccc([C@@H](O)[C@H](N[C@@H](C)c2ccccc2O)C(=O)N2CCCC2)c1. The Morgan fingerprint density at radius 2 is 1.86 bits per heavy atom. The largest absolute Gasteiger partial charge is 0.508 e. The third kappa shape index (κ3) is 4.46. The van der Waals surface area contributed by atoms with Gasteiger partial charge in [0.2, 0.25) is 5.91 Å². The summed E-state index contributed by atoms with van der Waals surface area (Å²) in [5, 5.41) is 24.5. The Balaban J connectivity index is 1.87. The maximum atomic E-state index is 13.2. The first kappa shape index (κ1) is 20.2. The summed E-state index contributed by atoms with van der Waals surface area (Å²) in [6.45, 7) is 3.28. The first-order valence-corrected chi connectivity index (χ1v) is 9.66. The molecule has 1 fully saturated rings. The summed E-state index contributed by atoms with van der Waals surface area (Å²) in [6, 6.07) is 13.0. The van der Waals surface area contributed by atoms with E-state index in [1.165, 1.54) is 0 Å². The number of para-hydroxylation sites is 1. The molecule has 150 valence electrons. The summed E-state index contributed by atoms with van der Waals surface area (Å²) >= 11 is 0. The predicted molar refractivity (Wildman–Crippen MR) is 107 cm³/mol. The van der Waals surface area contributed by atoms with Crippen molar-refractivity contribution in [3.8, 4) is 11.5 Å². The number of ether oxygens (including phenoxy) is 1. The first-order chi connectivity index (χ1) is 13.5. The number of aliphatic hydroxyl groups excluding tert-OH is 1. The second kappa shape index (κ2) is 9.08. The molecular formula is C22H28N2O4. The Kier molecular flexibility index (Phi) is 6.54. The van der Waals surface area contributed by atoms with E-state index >= 15 is 0 Å². The van der Waals surface area contributed by atoms with Crippen LogP contribution >= 0.6 is 0 Å². The van der Waals surface area contributed by atoms with E-state index in [-0.39, 0.29) is 17.7 Å². The van der Waals surface area contributed by atoms with Gasteiger partial charge in [0.1, 0.15) is 23.6 Å². The molecule has 0 bridgehead atoms. The van der Waals surface area contributed by atoms with Crippen LogP contribution in [0.2, 0.25) is 0 Å². The number of methoxy groups -OCH3 is 1. The molecule has 6 nitrogen and oxygen atoms in total. The van der Waals surface area contributed by atoms with Gasteiger partial charge >= 0.3 is 0 Å². The van der Waals surface area contributed by atoms with Crippen LogP contribution in [0.4, 0.5) is 0 Å². The summed E-state index contributed by atoms with van der Waals surface area (Å²) in [6.07, 6.45) is 0.905. The number of likely N-dealkylation sites (tertiary alicyclic amines) is 1. The van der Waals surface area contributed by atoms with Crippen LogP contribution in [0.5, 0.6) is 11.5 Å². The standard InChI is InChI=1S/C22H28N2O4/c1-15(18-10-3-4-11-19(18)25)23-20(22(27)24-12-5-6-13-24)21(26)16-8-7-9-17(14-16)28-2/h3-4,7-11,14-15,20-21,23,25-26H,5-6,12-13H2,1-2H3/t15-,20-,21+/m0/s1. The average molecular weight is 384 g/mol. The highest BCUT2D eigenvalue weighted by Gasteiger charge is 2.34. The molecule has 28 heavy (non-hydrogen) atoms. The Morgan fingerprint density at radius 3 is 2.54 bits per heavy atom. The number of phenolic OH excluding ortho intramolecular Hbond substituents is 1. The van der Waals surface area contributed by atoms with Gasteiger partial charge < -0.3 is 19.8 Å². The lowest BCUT2D eigenvalue weighted by Gasteiger charge is -2.30. The molecule has 6 heteroatoms. The summed E-state index contributed by atoms with van der Waals surface area (Å²) < 4.78 is 5.25. The van der Waals surface area contributed by atoms with Crippen molar-refractivity contribution in [2.75, 3.05) is 20.2 Å². The second-order valence-corrected chi connectivity index (χ2v) is 7.18. The molecule has 0 radical (unpaired) electrons. The number of aliphatic hydroxyl groups is 1. The van der Waals surface area contributed by atoms with Crippen LogP contribution in [0, 0.1) is 0 Å². The monoisotopic (exact) mass is 384 g/mol. The number of rotatable bonds is 7. The van der Waals surface area contributed by atoms with Crippen LogP contribution in [0.15, 0.2) is 48.5 Å². The minimum Gasteiger partial charge on any atom is -0.508 e. The lowest BCUT2D eigenvalue weighted by Crippen LogP contribution is -2.49. The van der Waals surface area contributed by atoms with Crippen molar-refractivity contribution < 1.29 is 19.7 Å². The van der Waals surface area contributed by atoms with Crippen molar-refractivity contribution in [1.82, 2.24) is 10.2 Å². The Morgan fingerprint density at radius 1 is 1.14 bits per heavy atom. The highest BCUT2D eigenvalue weighted by Crippen LogP contribution is 2.28. The first-order valence-electron chi connectivity index (χ1n) is 9.66. The van der Waals surface area contributed by atoms with E-state index in [9.17, 15) is 15.0 Å². The number of nitrogens with one attached hydrogen (secondary N) is 1. The molecule has 0 unspecified atom stereocenters. The fourth-order valence-corrected chi connectivity index (χ4v) is 3.66. The molecule has 3 N–H and O–H groups in total. The molecule has 1 saturated heterocycles. The summed E-state index contributed by atoms with van der Waals surface area (Å²) in [7, 11) is 1.57. The molecule has 3 atom stereocenters. The van der Waals surface area contributed by atoms with Crippen molar-refractivity contribution >= 4 is 5.91 Å². The van der Waals surface area contributed by atoms with Crippen LogP contribution in [-0.2, 0) is 4.79 Å². The normalized spacial score (nSPS) is 17.2. The fourth-order valence-electron chi connectivity index (χ4n) is 3.66. The second-order valence-electron chi connectivity index (χ2n) is 7.18. The number of nitrogens with zero attached hydrogens (tertiary/aromatic N) is 1. The number of carbonyl (C=O) groups excluding carboxylic acids is 1. The zero-order valence-corrected chi connectivity index (χ0v) is 16.3. The predicted octanol–water partition coefficient (Wildman–Crippen LogP) is 2.78. The van der Waals surface area contributed by atoms with Gasteiger partial charge in [-0.15, -0.1) is 0 Å². The zero-order valence-electron chi connectivity index (χ0n) is 16.3. The molecule has 3 rings (SSSR count). The van der Waals surface area contributed by atoms with Crippen molar-refractivity contribution in [3.05, 3.63) is 59.7 Å². The molecule has 1 heterocycles. The van der Waals surface area contributed by atoms with Crippen LogP contribution in [0.25, 0.3) is 0 Å². The molecule has 1 amide bonds. The summed E-state index contributed by atoms with van der Waals surface area (Å²) in [5.41, 5.74) is 1.29. The molecule has 2 aromatic carbocycles. The number of amides is 1. The van der Waals surface area contributed by atoms with Crippen LogP contribution < -0.4 is 10.1 Å². The van der Waals surface area contributed by atoms with Crippen molar-refractivity contribution in [2.24, 2.45) is 0 Å². The third-order valence-electron chi connectivity index (χ3n) is 5.27. The molecule has 1 aliphatic heterocycles. The van der Waals surface area contributed by atoms with E-state index in [4.69, 9.17) is 4.74 Å². The van der Waals surface area contributed by atoms with Gasteiger partial charge in [-0.2, -0.15) is 0 Å². The van der Waals surface area contributed by atoms with E-state index in [1.54, 1.807) is 48.4 Å². The van der Waals surface area contributed by atoms with Crippen LogP contribution in [-0.4, -0.2) is 47.3 Å². The highest BCUT2D eigenvalue weighted by atomic mass is 16.5. The minimum absolute atomic E-state index is 0.130. The smallest absolute Gasteiger partial charge is 0.242 e. The van der Waals surface area contributed by atoms with Gasteiger partial charge in [0, 0.05) is 24.7 Å². The number of hydrogen-bond acceptors (Lipinski definition) is 5. The Hall–Kier alpha value is -2.57. The molecular weight excluding hydrogens is 356 g/mol. The fraction of sp³-hybridized carbons (Fsp3) is 0.409. The highest BCUT2D eigenvalue weighted by molar-refractivity contribution is 5.83. The number of benzene rings is 2. The van der Waals surface area contributed by atoms with Crippen molar-refractivity contribution in [2.45, 2.75) is 38.0 Å². The molecule has 1 aliphatic rings. The molecule has 0 saturated carbocycles. The Bertz CT molecular complexity index is 805. The third-order valence-corrected chi connectivity index (χ3v) is 5.27. The van der Waals surface area contributed by atoms with Crippen molar-refractivity contribution in [3.63, 3.8) is 0 Å². The van der Waals surface area contributed by atoms with Gasteiger partial charge in [0.05, 0.1) is 7.11 Å². The van der Waals surface area contributed by atoms with Gasteiger partial charge in [-0.1, -0.05) is 30.3 Å².